The molecule has 0 bridgehead atoms. The number of nitrogens with one attached hydrogen (secondary N) is 2. The third-order valence-corrected chi connectivity index (χ3v) is 3.98. The summed E-state index contributed by atoms with van der Waals surface area (Å²) in [6, 6.07) is 17.6. The lowest BCUT2D eigenvalue weighted by Gasteiger charge is -2.08. The quantitative estimate of drug-likeness (QED) is 0.697. The third kappa shape index (κ3) is 4.47. The van der Waals surface area contributed by atoms with Gasteiger partial charge in [0, 0.05) is 19.5 Å². The summed E-state index contributed by atoms with van der Waals surface area (Å²) < 4.78 is 4.99. The Balaban J connectivity index is 1.41. The Morgan fingerprint density at radius 3 is 2.56 bits per heavy atom. The van der Waals surface area contributed by atoms with Crippen LogP contribution in [0.1, 0.15) is 22.5 Å². The van der Waals surface area contributed by atoms with Gasteiger partial charge in [-0.15, -0.1) is 0 Å². The highest BCUT2D eigenvalue weighted by Crippen LogP contribution is 2.18. The van der Waals surface area contributed by atoms with Crippen LogP contribution in [0.4, 0.5) is 0 Å². The third-order valence-electron chi connectivity index (χ3n) is 3.98. The zero-order chi connectivity index (χ0) is 17.5. The van der Waals surface area contributed by atoms with E-state index in [0.29, 0.717) is 6.54 Å². The number of hydrogen-bond acceptors (Lipinski definition) is 3. The lowest BCUT2D eigenvalue weighted by Crippen LogP contribution is -2.31. The van der Waals surface area contributed by atoms with E-state index in [4.69, 9.17) is 4.42 Å². The molecule has 0 spiro atoms. The molecule has 1 aromatic heterocycles. The van der Waals surface area contributed by atoms with E-state index in [2.05, 4.69) is 34.9 Å². The maximum absolute atomic E-state index is 11.9. The van der Waals surface area contributed by atoms with Gasteiger partial charge in [-0.1, -0.05) is 42.5 Å². The van der Waals surface area contributed by atoms with Gasteiger partial charge >= 0.3 is 0 Å². The van der Waals surface area contributed by atoms with Gasteiger partial charge in [0.05, 0.1) is 6.26 Å². The van der Waals surface area contributed by atoms with Crippen LogP contribution < -0.4 is 10.6 Å². The molecule has 0 aliphatic heterocycles. The Bertz CT molecular complexity index is 851. The highest BCUT2D eigenvalue weighted by molar-refractivity contribution is 5.91. The number of amides is 2. The summed E-state index contributed by atoms with van der Waals surface area (Å²) >= 11 is 0. The van der Waals surface area contributed by atoms with E-state index in [1.807, 2.05) is 18.2 Å². The van der Waals surface area contributed by atoms with Gasteiger partial charge in [0.25, 0.3) is 5.91 Å². The van der Waals surface area contributed by atoms with E-state index < -0.39 is 0 Å². The van der Waals surface area contributed by atoms with Crippen molar-refractivity contribution in [2.45, 2.75) is 12.8 Å². The summed E-state index contributed by atoms with van der Waals surface area (Å²) in [7, 11) is 0. The molecule has 0 fully saturated rings. The fraction of sp³-hybridized carbons (Fsp3) is 0.200. The fourth-order valence-corrected chi connectivity index (χ4v) is 2.72. The zero-order valence-corrected chi connectivity index (χ0v) is 13.8. The van der Waals surface area contributed by atoms with E-state index in [0.717, 1.165) is 6.42 Å². The van der Waals surface area contributed by atoms with Crippen molar-refractivity contribution in [1.82, 2.24) is 10.6 Å². The van der Waals surface area contributed by atoms with Crippen molar-refractivity contribution in [3.05, 3.63) is 72.2 Å². The molecule has 0 atom stereocenters. The van der Waals surface area contributed by atoms with E-state index in [1.54, 1.807) is 12.1 Å². The Labute approximate surface area is 146 Å². The Hall–Kier alpha value is -3.08. The van der Waals surface area contributed by atoms with Gasteiger partial charge in [0.15, 0.2) is 5.76 Å². The van der Waals surface area contributed by atoms with Crippen molar-refractivity contribution in [2.24, 2.45) is 0 Å². The first-order valence-corrected chi connectivity index (χ1v) is 8.29. The predicted molar refractivity (Wildman–Crippen MR) is 96.3 cm³/mol. The van der Waals surface area contributed by atoms with Gasteiger partial charge in [-0.2, -0.15) is 0 Å². The van der Waals surface area contributed by atoms with Crippen LogP contribution >= 0.6 is 0 Å². The molecule has 0 saturated heterocycles. The van der Waals surface area contributed by atoms with E-state index in [-0.39, 0.29) is 30.5 Å². The van der Waals surface area contributed by atoms with Crippen LogP contribution in [0.25, 0.3) is 10.8 Å². The van der Waals surface area contributed by atoms with Crippen molar-refractivity contribution >= 4 is 22.6 Å². The second-order valence-corrected chi connectivity index (χ2v) is 5.72. The highest BCUT2D eigenvalue weighted by Gasteiger charge is 2.08. The van der Waals surface area contributed by atoms with Crippen molar-refractivity contribution in [1.29, 1.82) is 0 Å². The summed E-state index contributed by atoms with van der Waals surface area (Å²) in [4.78, 5) is 23.6. The molecule has 0 unspecified atom stereocenters. The van der Waals surface area contributed by atoms with Crippen molar-refractivity contribution in [3.63, 3.8) is 0 Å². The van der Waals surface area contributed by atoms with Crippen LogP contribution in [0.2, 0.25) is 0 Å². The van der Waals surface area contributed by atoms with Crippen LogP contribution in [0.5, 0.6) is 0 Å². The molecule has 2 N–H and O–H groups in total. The molecular formula is C20H20N2O3. The fourth-order valence-electron chi connectivity index (χ4n) is 2.72. The van der Waals surface area contributed by atoms with Gasteiger partial charge in [-0.3, -0.25) is 9.59 Å². The molecule has 5 heteroatoms. The number of carbonyl (C=O) groups excluding carboxylic acids is 2. The number of furan rings is 1. The van der Waals surface area contributed by atoms with Gasteiger partial charge in [-0.05, 0) is 34.9 Å². The topological polar surface area (TPSA) is 71.3 Å². The Morgan fingerprint density at radius 1 is 0.880 bits per heavy atom. The van der Waals surface area contributed by atoms with Crippen molar-refractivity contribution in [3.8, 4) is 0 Å². The van der Waals surface area contributed by atoms with E-state index in [9.17, 15) is 9.59 Å². The van der Waals surface area contributed by atoms with Gasteiger partial charge in [0.2, 0.25) is 5.91 Å². The number of hydrogen-bond donors (Lipinski definition) is 2. The SMILES string of the molecule is O=C(CCNC(=O)c1ccco1)NCCc1cccc2ccccc12. The minimum atomic E-state index is -0.312. The van der Waals surface area contributed by atoms with Crippen LogP contribution in [0, 0.1) is 0 Å². The van der Waals surface area contributed by atoms with Gasteiger partial charge in [-0.25, -0.2) is 0 Å². The van der Waals surface area contributed by atoms with Crippen molar-refractivity contribution < 1.29 is 14.0 Å². The summed E-state index contributed by atoms with van der Waals surface area (Å²) in [5.74, 6) is -0.148. The molecule has 0 aliphatic carbocycles. The first-order chi connectivity index (χ1) is 12.2. The summed E-state index contributed by atoms with van der Waals surface area (Å²) in [5, 5.41) is 7.96. The molecule has 2 aromatic carbocycles. The van der Waals surface area contributed by atoms with Gasteiger partial charge < -0.3 is 15.1 Å². The lowest BCUT2D eigenvalue weighted by atomic mass is 10.0. The number of carbonyl (C=O) groups is 2. The monoisotopic (exact) mass is 336 g/mol. The molecule has 5 nitrogen and oxygen atoms in total. The molecule has 25 heavy (non-hydrogen) atoms. The molecular weight excluding hydrogens is 316 g/mol. The van der Waals surface area contributed by atoms with Crippen LogP contribution in [-0.4, -0.2) is 24.9 Å². The summed E-state index contributed by atoms with van der Waals surface area (Å²) in [5.41, 5.74) is 1.21. The van der Waals surface area contributed by atoms with E-state index in [1.165, 1.54) is 22.6 Å². The minimum absolute atomic E-state index is 0.0834. The molecule has 0 aliphatic rings. The first kappa shape index (κ1) is 16.8. The van der Waals surface area contributed by atoms with E-state index >= 15 is 0 Å². The van der Waals surface area contributed by atoms with Crippen LogP contribution in [0.15, 0.2) is 65.3 Å². The maximum Gasteiger partial charge on any atom is 0.286 e. The smallest absolute Gasteiger partial charge is 0.286 e. The second kappa shape index (κ2) is 8.15. The second-order valence-electron chi connectivity index (χ2n) is 5.72. The van der Waals surface area contributed by atoms with Crippen LogP contribution in [-0.2, 0) is 11.2 Å². The molecule has 3 rings (SSSR count). The normalized spacial score (nSPS) is 10.6. The highest BCUT2D eigenvalue weighted by atomic mass is 16.3. The molecule has 3 aromatic rings. The van der Waals surface area contributed by atoms with Crippen molar-refractivity contribution in [2.75, 3.05) is 13.1 Å². The lowest BCUT2D eigenvalue weighted by molar-refractivity contribution is -0.120. The average molecular weight is 336 g/mol. The molecule has 0 radical (unpaired) electrons. The number of rotatable bonds is 7. The summed E-state index contributed by atoms with van der Waals surface area (Å²) in [6.45, 7) is 0.846. The number of benzene rings is 2. The maximum atomic E-state index is 11.9. The van der Waals surface area contributed by atoms with Gasteiger partial charge in [0.1, 0.15) is 0 Å². The molecule has 0 saturated carbocycles. The Morgan fingerprint density at radius 2 is 1.72 bits per heavy atom. The standard InChI is InChI=1S/C20H20N2O3/c23-19(11-13-22-20(24)18-9-4-14-25-18)21-12-10-16-7-3-6-15-5-1-2-8-17(15)16/h1-9,14H,10-13H2,(H,21,23)(H,22,24). The average Bonchev–Trinajstić information content (AvgIpc) is 3.17. The predicted octanol–water partition coefficient (Wildman–Crippen LogP) is 2.91. The minimum Gasteiger partial charge on any atom is -0.459 e. The molecule has 2 amide bonds. The zero-order valence-electron chi connectivity index (χ0n) is 13.8. The Kier molecular flexibility index (Phi) is 5.46. The first-order valence-electron chi connectivity index (χ1n) is 8.29. The summed E-state index contributed by atoms with van der Waals surface area (Å²) in [6.07, 6.45) is 2.45. The molecule has 128 valence electrons. The van der Waals surface area contributed by atoms with Crippen LogP contribution in [0.3, 0.4) is 0 Å². The number of fused-ring (bicyclic) bond motifs is 1. The molecule has 1 heterocycles. The largest absolute Gasteiger partial charge is 0.459 e.